The third-order valence-electron chi connectivity index (χ3n) is 3.18. The van der Waals surface area contributed by atoms with Crippen molar-refractivity contribution in [1.29, 1.82) is 0 Å². The quantitative estimate of drug-likeness (QED) is 0.826. The van der Waals surface area contributed by atoms with Gasteiger partial charge in [0.15, 0.2) is 5.65 Å². The largest absolute Gasteiger partial charge is 0.462 e. The fraction of sp³-hybridized carbons (Fsp3) is 0.462. The number of hydrogen-bond acceptors (Lipinski definition) is 6. The Kier molecular flexibility index (Phi) is 3.62. The molecular weight excluding hydrogens is 260 g/mol. The van der Waals surface area contributed by atoms with Gasteiger partial charge in [-0.25, -0.2) is 14.3 Å². The average Bonchev–Trinajstić information content (AvgIpc) is 2.92. The first-order valence-corrected chi connectivity index (χ1v) is 6.63. The maximum atomic E-state index is 11.8. The van der Waals surface area contributed by atoms with E-state index in [4.69, 9.17) is 9.47 Å². The molecular formula is C13H16N4O3. The Balaban J connectivity index is 2.00. The van der Waals surface area contributed by atoms with Crippen molar-refractivity contribution in [2.45, 2.75) is 13.0 Å². The van der Waals surface area contributed by atoms with E-state index in [-0.39, 0.29) is 6.10 Å². The van der Waals surface area contributed by atoms with Gasteiger partial charge in [0.1, 0.15) is 11.7 Å². The summed E-state index contributed by atoms with van der Waals surface area (Å²) in [5.41, 5.74) is 1.74. The highest BCUT2D eigenvalue weighted by atomic mass is 16.5. The normalized spacial score (nSPS) is 19.1. The van der Waals surface area contributed by atoms with Gasteiger partial charge in [-0.15, -0.1) is 0 Å². The molecule has 0 aliphatic carbocycles. The van der Waals surface area contributed by atoms with Crippen LogP contribution in [0.2, 0.25) is 0 Å². The molecule has 1 aliphatic heterocycles. The van der Waals surface area contributed by atoms with Crippen molar-refractivity contribution < 1.29 is 14.3 Å². The minimum Gasteiger partial charge on any atom is -0.462 e. The summed E-state index contributed by atoms with van der Waals surface area (Å²) in [6.45, 7) is 4.31. The lowest BCUT2D eigenvalue weighted by molar-refractivity contribution is 0.0236. The van der Waals surface area contributed by atoms with Crippen LogP contribution in [0.25, 0.3) is 5.65 Å². The van der Waals surface area contributed by atoms with E-state index in [1.165, 1.54) is 6.20 Å². The Labute approximate surface area is 115 Å². The van der Waals surface area contributed by atoms with Crippen LogP contribution in [0.1, 0.15) is 29.1 Å². The molecule has 1 saturated heterocycles. The highest BCUT2D eigenvalue weighted by Crippen LogP contribution is 2.20. The van der Waals surface area contributed by atoms with E-state index >= 15 is 0 Å². The predicted octanol–water partition coefficient (Wildman–Crippen LogP) is 0.567. The molecule has 106 valence electrons. The van der Waals surface area contributed by atoms with E-state index in [9.17, 15) is 4.79 Å². The number of nitrogens with zero attached hydrogens (tertiary/aromatic N) is 3. The van der Waals surface area contributed by atoms with Gasteiger partial charge in [-0.05, 0) is 13.0 Å². The van der Waals surface area contributed by atoms with Crippen LogP contribution in [0.3, 0.4) is 0 Å². The number of rotatable bonds is 3. The monoisotopic (exact) mass is 276 g/mol. The van der Waals surface area contributed by atoms with Crippen LogP contribution in [0, 0.1) is 0 Å². The molecule has 1 fully saturated rings. The molecule has 7 heteroatoms. The van der Waals surface area contributed by atoms with Gasteiger partial charge in [0.05, 0.1) is 25.1 Å². The number of ether oxygens (including phenoxy) is 2. The Bertz CT molecular complexity index is 619. The van der Waals surface area contributed by atoms with Gasteiger partial charge in [-0.2, -0.15) is 5.10 Å². The lowest BCUT2D eigenvalue weighted by Crippen LogP contribution is -2.34. The van der Waals surface area contributed by atoms with Crippen LogP contribution in [0.4, 0.5) is 0 Å². The van der Waals surface area contributed by atoms with E-state index in [1.54, 1.807) is 17.6 Å². The summed E-state index contributed by atoms with van der Waals surface area (Å²) >= 11 is 0. The number of nitrogens with one attached hydrogen (secondary N) is 1. The number of esters is 1. The van der Waals surface area contributed by atoms with Crippen molar-refractivity contribution in [3.05, 3.63) is 29.7 Å². The second kappa shape index (κ2) is 5.56. The number of hydrogen-bond donors (Lipinski definition) is 1. The van der Waals surface area contributed by atoms with Crippen molar-refractivity contribution in [2.24, 2.45) is 0 Å². The van der Waals surface area contributed by atoms with Gasteiger partial charge in [0.25, 0.3) is 0 Å². The summed E-state index contributed by atoms with van der Waals surface area (Å²) in [5.74, 6) is -0.408. The summed E-state index contributed by atoms with van der Waals surface area (Å²) in [7, 11) is 0. The molecule has 3 rings (SSSR count). The first kappa shape index (κ1) is 13.0. The smallest absolute Gasteiger partial charge is 0.343 e. The summed E-state index contributed by atoms with van der Waals surface area (Å²) in [4.78, 5) is 16.1. The third kappa shape index (κ3) is 2.25. The number of morpholine rings is 1. The maximum absolute atomic E-state index is 11.8. The minimum atomic E-state index is -0.408. The molecule has 1 unspecified atom stereocenters. The fourth-order valence-corrected chi connectivity index (χ4v) is 2.26. The van der Waals surface area contributed by atoms with Crippen LogP contribution in [0.5, 0.6) is 0 Å². The van der Waals surface area contributed by atoms with Crippen LogP contribution in [-0.4, -0.2) is 46.9 Å². The molecule has 0 bridgehead atoms. The van der Waals surface area contributed by atoms with E-state index in [2.05, 4.69) is 15.4 Å². The molecule has 20 heavy (non-hydrogen) atoms. The number of aromatic nitrogens is 3. The van der Waals surface area contributed by atoms with E-state index in [1.807, 2.05) is 6.07 Å². The number of carbonyl (C=O) groups excluding carboxylic acids is 1. The second-order valence-corrected chi connectivity index (χ2v) is 4.45. The van der Waals surface area contributed by atoms with Crippen molar-refractivity contribution in [3.63, 3.8) is 0 Å². The molecule has 2 aromatic heterocycles. The van der Waals surface area contributed by atoms with Gasteiger partial charge in [-0.1, -0.05) is 0 Å². The molecule has 1 aliphatic rings. The van der Waals surface area contributed by atoms with Crippen LogP contribution >= 0.6 is 0 Å². The lowest BCUT2D eigenvalue weighted by Gasteiger charge is -2.24. The third-order valence-corrected chi connectivity index (χ3v) is 3.18. The van der Waals surface area contributed by atoms with Gasteiger partial charge in [0.2, 0.25) is 0 Å². The van der Waals surface area contributed by atoms with Crippen LogP contribution in [0.15, 0.2) is 18.5 Å². The maximum Gasteiger partial charge on any atom is 0.343 e. The fourth-order valence-electron chi connectivity index (χ4n) is 2.26. The van der Waals surface area contributed by atoms with Crippen molar-refractivity contribution in [3.8, 4) is 0 Å². The van der Waals surface area contributed by atoms with Crippen molar-refractivity contribution >= 4 is 11.6 Å². The molecule has 0 spiro atoms. The zero-order chi connectivity index (χ0) is 13.9. The molecule has 7 nitrogen and oxygen atoms in total. The van der Waals surface area contributed by atoms with Gasteiger partial charge in [-0.3, -0.25) is 0 Å². The molecule has 3 heterocycles. The van der Waals surface area contributed by atoms with Crippen LogP contribution in [-0.2, 0) is 9.47 Å². The molecule has 0 aromatic carbocycles. The first-order chi connectivity index (χ1) is 9.81. The predicted molar refractivity (Wildman–Crippen MR) is 70.5 cm³/mol. The number of carbonyl (C=O) groups is 1. The summed E-state index contributed by atoms with van der Waals surface area (Å²) in [5, 5.41) is 7.51. The van der Waals surface area contributed by atoms with Gasteiger partial charge < -0.3 is 14.8 Å². The Morgan fingerprint density at radius 1 is 1.65 bits per heavy atom. The minimum absolute atomic E-state index is 0.0933. The highest BCUT2D eigenvalue weighted by molar-refractivity contribution is 5.95. The second-order valence-electron chi connectivity index (χ2n) is 4.45. The lowest BCUT2D eigenvalue weighted by atomic mass is 10.2. The summed E-state index contributed by atoms with van der Waals surface area (Å²) in [6, 6.07) is 1.85. The topological polar surface area (TPSA) is 77.8 Å². The first-order valence-electron chi connectivity index (χ1n) is 6.63. The molecule has 1 atom stereocenters. The zero-order valence-electron chi connectivity index (χ0n) is 11.2. The molecule has 1 N–H and O–H groups in total. The Hall–Kier alpha value is -1.99. The molecule has 0 saturated carbocycles. The molecule has 2 aromatic rings. The van der Waals surface area contributed by atoms with Crippen LogP contribution < -0.4 is 5.32 Å². The van der Waals surface area contributed by atoms with E-state index in [0.717, 1.165) is 12.2 Å². The summed E-state index contributed by atoms with van der Waals surface area (Å²) in [6.07, 6.45) is 3.05. The molecule has 0 radical (unpaired) electrons. The number of fused-ring (bicyclic) bond motifs is 1. The average molecular weight is 276 g/mol. The van der Waals surface area contributed by atoms with Gasteiger partial charge >= 0.3 is 5.97 Å². The Morgan fingerprint density at radius 3 is 3.30 bits per heavy atom. The Morgan fingerprint density at radius 2 is 2.55 bits per heavy atom. The zero-order valence-corrected chi connectivity index (χ0v) is 11.2. The standard InChI is InChI=1S/C13H16N4O3/c1-2-19-13(18)9-7-16-17-10(3-4-15-12(9)17)11-8-14-5-6-20-11/h3-4,7,11,14H,2,5-6,8H2,1H3. The van der Waals surface area contributed by atoms with Gasteiger partial charge in [0, 0.05) is 19.3 Å². The molecule has 0 amide bonds. The van der Waals surface area contributed by atoms with Crippen molar-refractivity contribution in [2.75, 3.05) is 26.3 Å². The van der Waals surface area contributed by atoms with E-state index < -0.39 is 5.97 Å². The summed E-state index contributed by atoms with van der Waals surface area (Å²) < 4.78 is 12.4. The SMILES string of the molecule is CCOC(=O)c1cnn2c(C3CNCCO3)ccnc12. The van der Waals surface area contributed by atoms with E-state index in [0.29, 0.717) is 31.0 Å². The highest BCUT2D eigenvalue weighted by Gasteiger charge is 2.22. The van der Waals surface area contributed by atoms with Crippen molar-refractivity contribution in [1.82, 2.24) is 19.9 Å².